The molecule has 1 aromatic heterocycles. The van der Waals surface area contributed by atoms with Gasteiger partial charge in [0.15, 0.2) is 0 Å². The topological polar surface area (TPSA) is 53.5 Å². The van der Waals surface area contributed by atoms with Gasteiger partial charge >= 0.3 is 6.36 Å². The highest BCUT2D eigenvalue weighted by molar-refractivity contribution is 9.10. The number of likely N-dealkylation sites (tertiary alicyclic amines) is 1. The van der Waals surface area contributed by atoms with E-state index in [-0.39, 0.29) is 11.8 Å². The van der Waals surface area contributed by atoms with Gasteiger partial charge in [-0.2, -0.15) is 4.98 Å². The summed E-state index contributed by atoms with van der Waals surface area (Å²) in [4.78, 5) is 13.4. The van der Waals surface area contributed by atoms with Crippen LogP contribution in [0.4, 0.5) is 24.9 Å². The number of halogens is 4. The lowest BCUT2D eigenvalue weighted by molar-refractivity contribution is -0.275. The number of aromatic nitrogens is 2. The SMILES string of the molecule is CN(C)c1nc(NC2CCN(Cc3ccc(Br)cc3OC(F)(F)F)C2)nc2ccccc12. The first kappa shape index (κ1) is 22.6. The molecule has 0 aliphatic carbocycles. The van der Waals surface area contributed by atoms with Crippen molar-refractivity contribution in [1.29, 1.82) is 0 Å². The number of para-hydroxylation sites is 1. The Morgan fingerprint density at radius 1 is 1.19 bits per heavy atom. The van der Waals surface area contributed by atoms with Gasteiger partial charge in [0, 0.05) is 55.2 Å². The van der Waals surface area contributed by atoms with Crippen LogP contribution in [0.2, 0.25) is 0 Å². The fourth-order valence-corrected chi connectivity index (χ4v) is 4.20. The second-order valence-electron chi connectivity index (χ2n) is 7.95. The maximum atomic E-state index is 12.8. The molecule has 2 aromatic carbocycles. The van der Waals surface area contributed by atoms with E-state index in [1.54, 1.807) is 12.1 Å². The maximum absolute atomic E-state index is 12.8. The molecule has 1 N–H and O–H groups in total. The highest BCUT2D eigenvalue weighted by Gasteiger charge is 2.33. The molecule has 0 saturated carbocycles. The van der Waals surface area contributed by atoms with Crippen LogP contribution in [-0.4, -0.2) is 54.5 Å². The first-order chi connectivity index (χ1) is 15.2. The van der Waals surface area contributed by atoms with Crippen molar-refractivity contribution in [2.75, 3.05) is 37.4 Å². The predicted octanol–water partition coefficient (Wildman–Crippen LogP) is 5.04. The lowest BCUT2D eigenvalue weighted by Gasteiger charge is -2.20. The first-order valence-corrected chi connectivity index (χ1v) is 10.9. The second-order valence-corrected chi connectivity index (χ2v) is 8.86. The van der Waals surface area contributed by atoms with E-state index in [0.717, 1.165) is 29.7 Å². The summed E-state index contributed by atoms with van der Waals surface area (Å²) >= 11 is 3.21. The zero-order valence-electron chi connectivity index (χ0n) is 17.7. The summed E-state index contributed by atoms with van der Waals surface area (Å²) < 4.78 is 43.1. The quantitative estimate of drug-likeness (QED) is 0.502. The van der Waals surface area contributed by atoms with Crippen LogP contribution in [0.5, 0.6) is 5.75 Å². The molecule has 1 unspecified atom stereocenters. The van der Waals surface area contributed by atoms with Crippen molar-refractivity contribution in [2.24, 2.45) is 0 Å². The molecule has 1 aliphatic rings. The zero-order valence-corrected chi connectivity index (χ0v) is 19.2. The van der Waals surface area contributed by atoms with E-state index in [2.05, 4.69) is 40.9 Å². The fourth-order valence-electron chi connectivity index (χ4n) is 3.86. The van der Waals surface area contributed by atoms with E-state index < -0.39 is 6.36 Å². The average molecular weight is 510 g/mol. The Morgan fingerprint density at radius 2 is 1.97 bits per heavy atom. The van der Waals surface area contributed by atoms with Gasteiger partial charge in [0.1, 0.15) is 11.6 Å². The Morgan fingerprint density at radius 3 is 2.72 bits per heavy atom. The van der Waals surface area contributed by atoms with Crippen molar-refractivity contribution in [3.05, 3.63) is 52.5 Å². The van der Waals surface area contributed by atoms with Gasteiger partial charge in [-0.15, -0.1) is 13.2 Å². The molecule has 0 radical (unpaired) electrons. The number of hydrogen-bond donors (Lipinski definition) is 1. The molecule has 0 amide bonds. The van der Waals surface area contributed by atoms with Gasteiger partial charge in [0.25, 0.3) is 0 Å². The monoisotopic (exact) mass is 509 g/mol. The lowest BCUT2D eigenvalue weighted by Crippen LogP contribution is -2.27. The molecule has 1 aliphatic heterocycles. The average Bonchev–Trinajstić information content (AvgIpc) is 3.15. The van der Waals surface area contributed by atoms with Crippen molar-refractivity contribution >= 4 is 38.6 Å². The number of nitrogens with zero attached hydrogens (tertiary/aromatic N) is 4. The zero-order chi connectivity index (χ0) is 22.9. The molecule has 6 nitrogen and oxygen atoms in total. The summed E-state index contributed by atoms with van der Waals surface area (Å²) in [7, 11) is 3.88. The molecule has 170 valence electrons. The van der Waals surface area contributed by atoms with Crippen LogP contribution in [0, 0.1) is 0 Å². The second kappa shape index (κ2) is 9.11. The standard InChI is InChI=1S/C22H23BrF3N5O/c1-30(2)20-17-5-3-4-6-18(17)28-21(29-20)27-16-9-10-31(13-16)12-14-7-8-15(23)11-19(14)32-22(24,25)26/h3-8,11,16H,9-10,12-13H2,1-2H3,(H,27,28,29). The molecule has 1 fully saturated rings. The molecule has 2 heterocycles. The van der Waals surface area contributed by atoms with Crippen molar-refractivity contribution in [1.82, 2.24) is 14.9 Å². The Balaban J connectivity index is 1.46. The van der Waals surface area contributed by atoms with Gasteiger partial charge in [0.2, 0.25) is 5.95 Å². The smallest absolute Gasteiger partial charge is 0.405 e. The number of ether oxygens (including phenoxy) is 1. The van der Waals surface area contributed by atoms with Crippen LogP contribution in [0.3, 0.4) is 0 Å². The fraction of sp³-hybridized carbons (Fsp3) is 0.364. The van der Waals surface area contributed by atoms with Crippen LogP contribution in [0.25, 0.3) is 10.9 Å². The maximum Gasteiger partial charge on any atom is 0.573 e. The molecule has 3 aromatic rings. The van der Waals surface area contributed by atoms with E-state index >= 15 is 0 Å². The highest BCUT2D eigenvalue weighted by atomic mass is 79.9. The highest BCUT2D eigenvalue weighted by Crippen LogP contribution is 2.31. The number of rotatable bonds is 6. The third kappa shape index (κ3) is 5.42. The number of alkyl halides is 3. The summed E-state index contributed by atoms with van der Waals surface area (Å²) in [6.45, 7) is 1.76. The molecule has 0 bridgehead atoms. The van der Waals surface area contributed by atoms with Gasteiger partial charge in [0.05, 0.1) is 5.52 Å². The molecule has 1 atom stereocenters. The Hall–Kier alpha value is -2.59. The van der Waals surface area contributed by atoms with Crippen LogP contribution in [0.15, 0.2) is 46.9 Å². The van der Waals surface area contributed by atoms with Gasteiger partial charge in [-0.1, -0.05) is 34.1 Å². The van der Waals surface area contributed by atoms with E-state index in [9.17, 15) is 13.2 Å². The van der Waals surface area contributed by atoms with Crippen molar-refractivity contribution in [3.63, 3.8) is 0 Å². The molecule has 10 heteroatoms. The summed E-state index contributed by atoms with van der Waals surface area (Å²) in [5.41, 5.74) is 1.34. The van der Waals surface area contributed by atoms with E-state index in [1.165, 1.54) is 6.07 Å². The van der Waals surface area contributed by atoms with Gasteiger partial charge in [-0.25, -0.2) is 4.98 Å². The van der Waals surface area contributed by atoms with Crippen molar-refractivity contribution in [3.8, 4) is 5.75 Å². The minimum atomic E-state index is -4.73. The van der Waals surface area contributed by atoms with E-state index in [0.29, 0.717) is 29.1 Å². The summed E-state index contributed by atoms with van der Waals surface area (Å²) in [6, 6.07) is 12.6. The lowest BCUT2D eigenvalue weighted by atomic mass is 10.2. The van der Waals surface area contributed by atoms with Crippen LogP contribution in [0.1, 0.15) is 12.0 Å². The first-order valence-electron chi connectivity index (χ1n) is 10.1. The summed E-state index contributed by atoms with van der Waals surface area (Å²) in [5, 5.41) is 4.37. The van der Waals surface area contributed by atoms with E-state index in [4.69, 9.17) is 0 Å². The predicted molar refractivity (Wildman–Crippen MR) is 122 cm³/mol. The largest absolute Gasteiger partial charge is 0.573 e. The molecular formula is C22H23BrF3N5O. The number of hydrogen-bond acceptors (Lipinski definition) is 6. The number of fused-ring (bicyclic) bond motifs is 1. The van der Waals surface area contributed by atoms with Crippen molar-refractivity contribution in [2.45, 2.75) is 25.4 Å². The van der Waals surface area contributed by atoms with Crippen LogP contribution in [-0.2, 0) is 6.54 Å². The molecule has 0 spiro atoms. The minimum absolute atomic E-state index is 0.0913. The summed E-state index contributed by atoms with van der Waals surface area (Å²) in [5.74, 6) is 1.19. The summed E-state index contributed by atoms with van der Waals surface area (Å²) in [6.07, 6.45) is -3.90. The van der Waals surface area contributed by atoms with Gasteiger partial charge in [-0.05, 0) is 30.7 Å². The number of benzene rings is 2. The Kier molecular flexibility index (Phi) is 6.43. The van der Waals surface area contributed by atoms with Crippen molar-refractivity contribution < 1.29 is 17.9 Å². The molecule has 1 saturated heterocycles. The minimum Gasteiger partial charge on any atom is -0.405 e. The van der Waals surface area contributed by atoms with E-state index in [1.807, 2.05) is 43.3 Å². The normalized spacial score (nSPS) is 17.0. The number of anilines is 2. The third-order valence-electron chi connectivity index (χ3n) is 5.26. The Labute approximate surface area is 192 Å². The Bertz CT molecular complexity index is 1110. The van der Waals surface area contributed by atoms with Crippen LogP contribution < -0.4 is 15.0 Å². The molecular weight excluding hydrogens is 487 g/mol. The van der Waals surface area contributed by atoms with Gasteiger partial charge < -0.3 is 15.0 Å². The molecule has 4 rings (SSSR count). The third-order valence-corrected chi connectivity index (χ3v) is 5.75. The molecule has 32 heavy (non-hydrogen) atoms. The van der Waals surface area contributed by atoms with Gasteiger partial charge in [-0.3, -0.25) is 4.90 Å². The number of nitrogens with one attached hydrogen (secondary N) is 1. The van der Waals surface area contributed by atoms with Crippen LogP contribution >= 0.6 is 15.9 Å².